The Balaban J connectivity index is 2.30. The predicted octanol–water partition coefficient (Wildman–Crippen LogP) is 2.39. The van der Waals surface area contributed by atoms with E-state index in [-0.39, 0.29) is 0 Å². The first-order chi connectivity index (χ1) is 8.25. The van der Waals surface area contributed by atoms with Crippen LogP contribution < -0.4 is 11.5 Å². The van der Waals surface area contributed by atoms with Crippen LogP contribution in [0.3, 0.4) is 0 Å². The molecule has 1 aromatic carbocycles. The molecule has 0 atom stereocenters. The standard InChI is InChI=1S/C13H12N4/c14-11-5-4-10(13(15)17-11)9-3-1-2-8-6-7-16-12(8)9/h1-7,16H,(H4,14,15,17). The number of H-pyrrole nitrogens is 1. The number of para-hydroxylation sites is 1. The van der Waals surface area contributed by atoms with Gasteiger partial charge < -0.3 is 16.5 Å². The van der Waals surface area contributed by atoms with Gasteiger partial charge in [-0.05, 0) is 23.6 Å². The number of nitrogens with one attached hydrogen (secondary N) is 1. The van der Waals surface area contributed by atoms with Gasteiger partial charge in [0, 0.05) is 17.3 Å². The molecule has 2 heterocycles. The van der Waals surface area contributed by atoms with Crippen LogP contribution in [0.25, 0.3) is 22.0 Å². The number of hydrogen-bond donors (Lipinski definition) is 3. The summed E-state index contributed by atoms with van der Waals surface area (Å²) in [5.74, 6) is 0.886. The molecule has 0 aliphatic carbocycles. The number of benzene rings is 1. The number of aromatic amines is 1. The minimum absolute atomic E-state index is 0.435. The second-order valence-corrected chi connectivity index (χ2v) is 3.92. The van der Waals surface area contributed by atoms with E-state index >= 15 is 0 Å². The molecule has 0 amide bonds. The molecule has 0 radical (unpaired) electrons. The van der Waals surface area contributed by atoms with Crippen LogP contribution in [-0.4, -0.2) is 9.97 Å². The average molecular weight is 224 g/mol. The number of pyridine rings is 1. The van der Waals surface area contributed by atoms with Gasteiger partial charge in [0.05, 0.1) is 5.52 Å². The van der Waals surface area contributed by atoms with Gasteiger partial charge in [-0.2, -0.15) is 0 Å². The summed E-state index contributed by atoms with van der Waals surface area (Å²) in [6.07, 6.45) is 1.91. The molecule has 84 valence electrons. The van der Waals surface area contributed by atoms with Crippen molar-refractivity contribution in [1.82, 2.24) is 9.97 Å². The summed E-state index contributed by atoms with van der Waals surface area (Å²) in [4.78, 5) is 7.30. The van der Waals surface area contributed by atoms with Crippen molar-refractivity contribution in [2.24, 2.45) is 0 Å². The van der Waals surface area contributed by atoms with E-state index in [2.05, 4.69) is 16.0 Å². The van der Waals surface area contributed by atoms with Crippen molar-refractivity contribution in [3.8, 4) is 11.1 Å². The molecule has 0 aliphatic rings. The number of hydrogen-bond acceptors (Lipinski definition) is 3. The van der Waals surface area contributed by atoms with Gasteiger partial charge >= 0.3 is 0 Å². The highest BCUT2D eigenvalue weighted by Crippen LogP contribution is 2.30. The smallest absolute Gasteiger partial charge is 0.133 e. The first-order valence-corrected chi connectivity index (χ1v) is 5.34. The number of aromatic nitrogens is 2. The number of nitrogens with zero attached hydrogens (tertiary/aromatic N) is 1. The Morgan fingerprint density at radius 3 is 2.65 bits per heavy atom. The van der Waals surface area contributed by atoms with Gasteiger partial charge in [-0.25, -0.2) is 4.98 Å². The SMILES string of the molecule is Nc1ccc(-c2cccc3cc[nH]c23)c(N)n1. The van der Waals surface area contributed by atoms with E-state index in [1.54, 1.807) is 6.07 Å². The van der Waals surface area contributed by atoms with Gasteiger partial charge in [-0.3, -0.25) is 0 Å². The molecule has 17 heavy (non-hydrogen) atoms. The van der Waals surface area contributed by atoms with Crippen LogP contribution in [0, 0.1) is 0 Å². The second-order valence-electron chi connectivity index (χ2n) is 3.92. The number of nitrogen functional groups attached to an aromatic ring is 2. The maximum absolute atomic E-state index is 5.91. The molecule has 4 nitrogen and oxygen atoms in total. The molecule has 5 N–H and O–H groups in total. The fourth-order valence-electron chi connectivity index (χ4n) is 2.03. The fraction of sp³-hybridized carbons (Fsp3) is 0. The van der Waals surface area contributed by atoms with Crippen molar-refractivity contribution in [3.63, 3.8) is 0 Å². The van der Waals surface area contributed by atoms with Gasteiger partial charge in [0.2, 0.25) is 0 Å². The zero-order chi connectivity index (χ0) is 11.8. The molecule has 3 aromatic rings. The summed E-state index contributed by atoms with van der Waals surface area (Å²) in [5, 5.41) is 1.15. The van der Waals surface area contributed by atoms with Crippen LogP contribution in [0.2, 0.25) is 0 Å². The van der Waals surface area contributed by atoms with E-state index < -0.39 is 0 Å². The summed E-state index contributed by atoms with van der Waals surface area (Å²) in [5.41, 5.74) is 14.5. The summed E-state index contributed by atoms with van der Waals surface area (Å²) in [6.45, 7) is 0. The van der Waals surface area contributed by atoms with Crippen LogP contribution in [0.4, 0.5) is 11.6 Å². The third kappa shape index (κ3) is 1.50. The van der Waals surface area contributed by atoms with E-state index in [1.807, 2.05) is 30.5 Å². The van der Waals surface area contributed by atoms with Crippen molar-refractivity contribution >= 4 is 22.5 Å². The minimum Gasteiger partial charge on any atom is -0.384 e. The Kier molecular flexibility index (Phi) is 2.01. The van der Waals surface area contributed by atoms with Crippen LogP contribution in [-0.2, 0) is 0 Å². The Bertz CT molecular complexity index is 685. The molecule has 0 unspecified atom stereocenters. The van der Waals surface area contributed by atoms with Crippen LogP contribution in [0.1, 0.15) is 0 Å². The predicted molar refractivity (Wildman–Crippen MR) is 70.4 cm³/mol. The number of rotatable bonds is 1. The van der Waals surface area contributed by atoms with Crippen LogP contribution >= 0.6 is 0 Å². The maximum Gasteiger partial charge on any atom is 0.133 e. The largest absolute Gasteiger partial charge is 0.384 e. The molecule has 3 rings (SSSR count). The second kappa shape index (κ2) is 3.52. The lowest BCUT2D eigenvalue weighted by molar-refractivity contribution is 1.34. The molecule has 2 aromatic heterocycles. The van der Waals surface area contributed by atoms with Gasteiger partial charge in [-0.15, -0.1) is 0 Å². The summed E-state index contributed by atoms with van der Waals surface area (Å²) in [7, 11) is 0. The zero-order valence-electron chi connectivity index (χ0n) is 9.14. The lowest BCUT2D eigenvalue weighted by atomic mass is 10.0. The topological polar surface area (TPSA) is 80.7 Å². The fourth-order valence-corrected chi connectivity index (χ4v) is 2.03. The number of anilines is 2. The van der Waals surface area contributed by atoms with E-state index in [4.69, 9.17) is 11.5 Å². The zero-order valence-corrected chi connectivity index (χ0v) is 9.14. The van der Waals surface area contributed by atoms with Crippen LogP contribution in [0.5, 0.6) is 0 Å². The summed E-state index contributed by atoms with van der Waals surface area (Å²) < 4.78 is 0. The van der Waals surface area contributed by atoms with Crippen molar-refractivity contribution in [2.75, 3.05) is 11.5 Å². The Hall–Kier alpha value is -2.49. The Labute approximate surface area is 98.3 Å². The normalized spacial score (nSPS) is 10.8. The first kappa shape index (κ1) is 9.72. The highest BCUT2D eigenvalue weighted by Gasteiger charge is 2.08. The van der Waals surface area contributed by atoms with E-state index in [0.29, 0.717) is 11.6 Å². The van der Waals surface area contributed by atoms with Crippen molar-refractivity contribution in [3.05, 3.63) is 42.6 Å². The Morgan fingerprint density at radius 1 is 0.941 bits per heavy atom. The number of fused-ring (bicyclic) bond motifs is 1. The van der Waals surface area contributed by atoms with Crippen molar-refractivity contribution in [1.29, 1.82) is 0 Å². The summed E-state index contributed by atoms with van der Waals surface area (Å²) in [6, 6.07) is 11.8. The minimum atomic E-state index is 0.435. The Morgan fingerprint density at radius 2 is 1.82 bits per heavy atom. The molecule has 0 spiro atoms. The molecular formula is C13H12N4. The molecular weight excluding hydrogens is 212 g/mol. The molecule has 0 saturated carbocycles. The highest BCUT2D eigenvalue weighted by atomic mass is 14.9. The maximum atomic E-state index is 5.91. The molecule has 4 heteroatoms. The van der Waals surface area contributed by atoms with Gasteiger partial charge in [0.25, 0.3) is 0 Å². The summed E-state index contributed by atoms with van der Waals surface area (Å²) >= 11 is 0. The highest BCUT2D eigenvalue weighted by molar-refractivity contribution is 5.96. The molecule has 0 saturated heterocycles. The van der Waals surface area contributed by atoms with E-state index in [1.165, 1.54) is 0 Å². The average Bonchev–Trinajstić information content (AvgIpc) is 2.77. The van der Waals surface area contributed by atoms with Gasteiger partial charge in [0.1, 0.15) is 11.6 Å². The van der Waals surface area contributed by atoms with E-state index in [0.717, 1.165) is 22.0 Å². The third-order valence-electron chi connectivity index (χ3n) is 2.82. The lowest BCUT2D eigenvalue weighted by Gasteiger charge is -2.07. The van der Waals surface area contributed by atoms with Crippen molar-refractivity contribution in [2.45, 2.75) is 0 Å². The first-order valence-electron chi connectivity index (χ1n) is 5.34. The van der Waals surface area contributed by atoms with Crippen LogP contribution in [0.15, 0.2) is 42.6 Å². The van der Waals surface area contributed by atoms with Gasteiger partial charge in [0.15, 0.2) is 0 Å². The molecule has 0 fully saturated rings. The quantitative estimate of drug-likeness (QED) is 0.593. The molecule has 0 aliphatic heterocycles. The monoisotopic (exact) mass is 224 g/mol. The van der Waals surface area contributed by atoms with Gasteiger partial charge in [-0.1, -0.05) is 18.2 Å². The third-order valence-corrected chi connectivity index (χ3v) is 2.82. The van der Waals surface area contributed by atoms with Crippen molar-refractivity contribution < 1.29 is 0 Å². The number of nitrogens with two attached hydrogens (primary N) is 2. The lowest BCUT2D eigenvalue weighted by Crippen LogP contribution is -1.98. The molecule has 0 bridgehead atoms. The van der Waals surface area contributed by atoms with E-state index in [9.17, 15) is 0 Å².